The summed E-state index contributed by atoms with van der Waals surface area (Å²) in [6.07, 6.45) is 5.43. The van der Waals surface area contributed by atoms with E-state index in [1.165, 1.54) is 48.8 Å². The minimum Gasteiger partial charge on any atom is -0.279 e. The number of anilines is 3. The molecule has 0 atom stereocenters. The van der Waals surface area contributed by atoms with Crippen LogP contribution in [0.1, 0.15) is 0 Å². The average molecular weight is 499 g/mol. The fourth-order valence-electron chi connectivity index (χ4n) is 5.82. The number of pyridine rings is 1. The summed E-state index contributed by atoms with van der Waals surface area (Å²) < 4.78 is 0. The summed E-state index contributed by atoms with van der Waals surface area (Å²) in [4.78, 5) is 15.9. The Morgan fingerprint density at radius 1 is 0.462 bits per heavy atom. The number of hydrogen-bond acceptors (Lipinski definition) is 4. The van der Waals surface area contributed by atoms with Gasteiger partial charge < -0.3 is 0 Å². The summed E-state index contributed by atoms with van der Waals surface area (Å²) in [7, 11) is 0. The molecule has 0 unspecified atom stereocenters. The molecule has 0 radical (unpaired) electrons. The van der Waals surface area contributed by atoms with E-state index in [-0.39, 0.29) is 0 Å². The molecule has 182 valence electrons. The van der Waals surface area contributed by atoms with Gasteiger partial charge in [0.2, 0.25) is 5.95 Å². The van der Waals surface area contributed by atoms with E-state index in [0.29, 0.717) is 5.95 Å². The van der Waals surface area contributed by atoms with E-state index in [4.69, 9.17) is 4.98 Å². The first-order valence-corrected chi connectivity index (χ1v) is 13.0. The van der Waals surface area contributed by atoms with E-state index in [9.17, 15) is 0 Å². The Kier molecular flexibility index (Phi) is 4.79. The van der Waals surface area contributed by atoms with E-state index in [1.54, 1.807) is 12.4 Å². The van der Waals surface area contributed by atoms with E-state index < -0.39 is 0 Å². The lowest BCUT2D eigenvalue weighted by molar-refractivity contribution is 1.08. The number of hydrogen-bond donors (Lipinski definition) is 0. The minimum atomic E-state index is 0.639. The maximum absolute atomic E-state index is 4.73. The van der Waals surface area contributed by atoms with E-state index in [1.807, 2.05) is 36.5 Å². The van der Waals surface area contributed by atoms with Crippen molar-refractivity contribution in [2.45, 2.75) is 0 Å². The van der Waals surface area contributed by atoms with Crippen LogP contribution in [-0.4, -0.2) is 15.0 Å². The number of fused-ring (bicyclic) bond motifs is 2. The third-order valence-corrected chi connectivity index (χ3v) is 7.55. The van der Waals surface area contributed by atoms with Crippen molar-refractivity contribution >= 4 is 60.5 Å². The summed E-state index contributed by atoms with van der Waals surface area (Å²) >= 11 is 0. The van der Waals surface area contributed by atoms with Crippen molar-refractivity contribution in [1.82, 2.24) is 15.0 Å². The fraction of sp³-hybridized carbons (Fsp3) is 0. The van der Waals surface area contributed by atoms with Crippen LogP contribution in [0.15, 0.2) is 134 Å². The van der Waals surface area contributed by atoms with Gasteiger partial charge in [-0.25, -0.2) is 9.97 Å². The predicted molar refractivity (Wildman–Crippen MR) is 161 cm³/mol. The van der Waals surface area contributed by atoms with Gasteiger partial charge in [-0.2, -0.15) is 0 Å². The van der Waals surface area contributed by atoms with Gasteiger partial charge in [-0.3, -0.25) is 9.88 Å². The highest BCUT2D eigenvalue weighted by atomic mass is 15.3. The second-order valence-corrected chi connectivity index (χ2v) is 9.75. The topological polar surface area (TPSA) is 41.9 Å². The summed E-state index contributed by atoms with van der Waals surface area (Å²) in [5.74, 6) is 0.639. The van der Waals surface area contributed by atoms with Crippen molar-refractivity contribution in [3.63, 3.8) is 0 Å². The van der Waals surface area contributed by atoms with Crippen molar-refractivity contribution in [1.29, 1.82) is 0 Å². The van der Waals surface area contributed by atoms with Gasteiger partial charge in [0.25, 0.3) is 0 Å². The van der Waals surface area contributed by atoms with Crippen molar-refractivity contribution in [2.24, 2.45) is 0 Å². The molecule has 39 heavy (non-hydrogen) atoms. The Balaban J connectivity index is 1.30. The van der Waals surface area contributed by atoms with Gasteiger partial charge >= 0.3 is 0 Å². The Labute approximate surface area is 225 Å². The number of para-hydroxylation sites is 1. The molecule has 0 bridgehead atoms. The fourth-order valence-corrected chi connectivity index (χ4v) is 5.82. The predicted octanol–water partition coefficient (Wildman–Crippen LogP) is 9.06. The molecule has 0 spiro atoms. The van der Waals surface area contributed by atoms with Gasteiger partial charge in [0, 0.05) is 40.7 Å². The quantitative estimate of drug-likeness (QED) is 0.179. The standard InChI is InChI=1S/C35H22N4/c1-2-7-27(8-3-1)39(35-37-20-5-21-38-35)28-14-11-23(12-15-28)29-16-13-24-9-10-25-22-26-6-4-19-36-34(26)31-18-17-30(29)32(24)33(25)31/h1-22H. The number of nitrogens with zero attached hydrogens (tertiary/aromatic N) is 4. The Morgan fingerprint density at radius 3 is 2.00 bits per heavy atom. The monoisotopic (exact) mass is 498 g/mol. The zero-order valence-electron chi connectivity index (χ0n) is 21.0. The molecule has 0 aliphatic carbocycles. The lowest BCUT2D eigenvalue weighted by Crippen LogP contribution is -2.12. The van der Waals surface area contributed by atoms with Crippen LogP contribution in [0.25, 0.3) is 54.3 Å². The maximum atomic E-state index is 4.73. The highest BCUT2D eigenvalue weighted by molar-refractivity contribution is 6.29. The molecule has 0 amide bonds. The van der Waals surface area contributed by atoms with Crippen molar-refractivity contribution < 1.29 is 0 Å². The van der Waals surface area contributed by atoms with Gasteiger partial charge in [-0.05, 0) is 80.5 Å². The molecule has 4 nitrogen and oxygen atoms in total. The highest BCUT2D eigenvalue weighted by Crippen LogP contribution is 2.42. The number of aromatic nitrogens is 3. The second kappa shape index (κ2) is 8.61. The van der Waals surface area contributed by atoms with Crippen LogP contribution in [0, 0.1) is 0 Å². The summed E-state index contributed by atoms with van der Waals surface area (Å²) in [6, 6.07) is 40.6. The van der Waals surface area contributed by atoms with Crippen LogP contribution in [-0.2, 0) is 0 Å². The van der Waals surface area contributed by atoms with Gasteiger partial charge in [0.05, 0.1) is 5.52 Å². The molecule has 0 aliphatic heterocycles. The third-order valence-electron chi connectivity index (χ3n) is 7.55. The molecular formula is C35H22N4. The first kappa shape index (κ1) is 21.7. The lowest BCUT2D eigenvalue weighted by atomic mass is 9.89. The van der Waals surface area contributed by atoms with Crippen LogP contribution < -0.4 is 4.90 Å². The molecule has 0 fully saturated rings. The Bertz CT molecular complexity index is 2060. The summed E-state index contributed by atoms with van der Waals surface area (Å²) in [5, 5.41) is 8.70. The van der Waals surface area contributed by atoms with Crippen molar-refractivity contribution in [2.75, 3.05) is 4.90 Å². The number of rotatable bonds is 4. The maximum Gasteiger partial charge on any atom is 0.234 e. The average Bonchev–Trinajstić information content (AvgIpc) is 3.01. The second-order valence-electron chi connectivity index (χ2n) is 9.75. The molecule has 0 saturated heterocycles. The first-order chi connectivity index (χ1) is 19.3. The largest absolute Gasteiger partial charge is 0.279 e. The molecule has 0 N–H and O–H groups in total. The molecule has 2 heterocycles. The lowest BCUT2D eigenvalue weighted by Gasteiger charge is -2.23. The van der Waals surface area contributed by atoms with E-state index in [0.717, 1.165) is 16.9 Å². The van der Waals surface area contributed by atoms with E-state index >= 15 is 0 Å². The molecular weight excluding hydrogens is 476 g/mol. The SMILES string of the molecule is c1ccc(N(c2ccc(-c3ccc4ccc5cc6cccnc6c6ccc3c4c56)cc2)c2ncccn2)cc1. The van der Waals surface area contributed by atoms with Crippen molar-refractivity contribution in [3.8, 4) is 11.1 Å². The van der Waals surface area contributed by atoms with E-state index in [2.05, 4.69) is 99.8 Å². The molecule has 6 aromatic carbocycles. The smallest absolute Gasteiger partial charge is 0.234 e. The molecule has 0 saturated carbocycles. The Morgan fingerprint density at radius 2 is 1.15 bits per heavy atom. The van der Waals surface area contributed by atoms with Crippen LogP contribution in [0.4, 0.5) is 17.3 Å². The normalized spacial score (nSPS) is 11.6. The summed E-state index contributed by atoms with van der Waals surface area (Å²) in [5.41, 5.74) is 5.46. The summed E-state index contributed by atoms with van der Waals surface area (Å²) in [6.45, 7) is 0. The van der Waals surface area contributed by atoms with Crippen LogP contribution >= 0.6 is 0 Å². The zero-order chi connectivity index (χ0) is 25.8. The van der Waals surface area contributed by atoms with Gasteiger partial charge in [-0.1, -0.05) is 72.8 Å². The third kappa shape index (κ3) is 3.42. The molecule has 4 heteroatoms. The van der Waals surface area contributed by atoms with Crippen LogP contribution in [0.5, 0.6) is 0 Å². The molecule has 8 aromatic rings. The van der Waals surface area contributed by atoms with Crippen LogP contribution in [0.3, 0.4) is 0 Å². The first-order valence-electron chi connectivity index (χ1n) is 13.0. The number of benzene rings is 6. The van der Waals surface area contributed by atoms with Crippen molar-refractivity contribution in [3.05, 3.63) is 134 Å². The Hall–Kier alpha value is -5.35. The van der Waals surface area contributed by atoms with Gasteiger partial charge in [0.1, 0.15) is 0 Å². The molecule has 8 rings (SSSR count). The van der Waals surface area contributed by atoms with Gasteiger partial charge in [0.15, 0.2) is 0 Å². The minimum absolute atomic E-state index is 0.639. The van der Waals surface area contributed by atoms with Gasteiger partial charge in [-0.15, -0.1) is 0 Å². The van der Waals surface area contributed by atoms with Crippen LogP contribution in [0.2, 0.25) is 0 Å². The molecule has 2 aromatic heterocycles. The zero-order valence-corrected chi connectivity index (χ0v) is 21.0. The highest BCUT2D eigenvalue weighted by Gasteiger charge is 2.17. The molecule has 0 aliphatic rings.